The molecule has 3 rings (SSSR count). The van der Waals surface area contributed by atoms with Crippen molar-refractivity contribution in [1.82, 2.24) is 9.88 Å². The van der Waals surface area contributed by atoms with E-state index in [-0.39, 0.29) is 18.5 Å². The highest BCUT2D eigenvalue weighted by atomic mass is 16.5. The quantitative estimate of drug-likeness (QED) is 0.631. The van der Waals surface area contributed by atoms with Gasteiger partial charge in [-0.3, -0.25) is 9.78 Å². The van der Waals surface area contributed by atoms with E-state index < -0.39 is 12.1 Å². The molecule has 2 atom stereocenters. The number of nitrogens with zero attached hydrogens (tertiary/aromatic N) is 2. The molecule has 1 aromatic heterocycles. The van der Waals surface area contributed by atoms with Gasteiger partial charge < -0.3 is 20.2 Å². The highest BCUT2D eigenvalue weighted by molar-refractivity contribution is 5.88. The average Bonchev–Trinajstić information content (AvgIpc) is 3.17. The third-order valence-electron chi connectivity index (χ3n) is 4.57. The van der Waals surface area contributed by atoms with Crippen molar-refractivity contribution < 1.29 is 14.3 Å². The number of rotatable bonds is 6. The molecular formula is C20H24N3O3+. The summed E-state index contributed by atoms with van der Waals surface area (Å²) in [5.41, 5.74) is 8.04. The van der Waals surface area contributed by atoms with Gasteiger partial charge in [-0.05, 0) is 37.0 Å². The SMILES string of the molecule is N[C@@H](Cc1ccncc1)C(=O)N1CCC[C@@H]1C(=[OH+])OCc1ccccc1. The van der Waals surface area contributed by atoms with Crippen LogP contribution in [-0.4, -0.2) is 45.2 Å². The van der Waals surface area contributed by atoms with Crippen molar-refractivity contribution in [3.05, 3.63) is 66.0 Å². The van der Waals surface area contributed by atoms with Gasteiger partial charge in [-0.2, -0.15) is 0 Å². The number of esters is 1. The first-order valence-electron chi connectivity index (χ1n) is 8.82. The zero-order valence-corrected chi connectivity index (χ0v) is 14.6. The van der Waals surface area contributed by atoms with E-state index in [0.717, 1.165) is 17.5 Å². The molecule has 1 aliphatic heterocycles. The number of amides is 1. The Morgan fingerprint density at radius 2 is 1.96 bits per heavy atom. The van der Waals surface area contributed by atoms with Crippen LogP contribution in [0.25, 0.3) is 0 Å². The minimum absolute atomic E-state index is 0.115. The van der Waals surface area contributed by atoms with Crippen LogP contribution in [0, 0.1) is 0 Å². The Balaban J connectivity index is 1.58. The molecule has 2 aromatic rings. The van der Waals surface area contributed by atoms with Crippen LogP contribution in [0.3, 0.4) is 0 Å². The van der Waals surface area contributed by atoms with Crippen LogP contribution in [0.5, 0.6) is 0 Å². The standard InChI is InChI=1S/C20H23N3O3/c21-17(13-15-8-10-22-11-9-15)19(24)23-12-4-7-18(23)20(25)26-14-16-5-2-1-3-6-16/h1-3,5-6,8-11,17-18H,4,7,12-14,21H2/p+1/t17-,18+/m0/s1. The number of nitrogens with two attached hydrogens (primary N) is 1. The second kappa shape index (κ2) is 8.58. The molecular weight excluding hydrogens is 330 g/mol. The van der Waals surface area contributed by atoms with Crippen molar-refractivity contribution in [3.8, 4) is 0 Å². The van der Waals surface area contributed by atoms with E-state index in [9.17, 15) is 9.59 Å². The molecule has 0 unspecified atom stereocenters. The molecule has 0 bridgehead atoms. The van der Waals surface area contributed by atoms with Gasteiger partial charge in [0.15, 0.2) is 6.04 Å². The fourth-order valence-corrected chi connectivity index (χ4v) is 3.19. The summed E-state index contributed by atoms with van der Waals surface area (Å²) >= 11 is 0. The highest BCUT2D eigenvalue weighted by Gasteiger charge is 2.41. The van der Waals surface area contributed by atoms with Crippen molar-refractivity contribution in [2.75, 3.05) is 6.54 Å². The van der Waals surface area contributed by atoms with E-state index in [2.05, 4.69) is 4.98 Å². The Bertz CT molecular complexity index is 736. The highest BCUT2D eigenvalue weighted by Crippen LogP contribution is 2.20. The van der Waals surface area contributed by atoms with E-state index in [4.69, 9.17) is 10.5 Å². The fourth-order valence-electron chi connectivity index (χ4n) is 3.19. The van der Waals surface area contributed by atoms with Gasteiger partial charge in [-0.15, -0.1) is 0 Å². The molecule has 26 heavy (non-hydrogen) atoms. The van der Waals surface area contributed by atoms with Crippen LogP contribution in [0.15, 0.2) is 54.9 Å². The molecule has 1 fully saturated rings. The Hall–Kier alpha value is -2.73. The molecule has 3 N–H and O–H groups in total. The van der Waals surface area contributed by atoms with Crippen LogP contribution in [-0.2, 0) is 22.6 Å². The maximum Gasteiger partial charge on any atom is 0.506 e. The predicted octanol–water partition coefficient (Wildman–Crippen LogP) is 1.66. The smallest absolute Gasteiger partial charge is 0.337 e. The van der Waals surface area contributed by atoms with E-state index in [1.54, 1.807) is 17.3 Å². The summed E-state index contributed by atoms with van der Waals surface area (Å²) in [4.78, 5) is 28.7. The molecule has 2 heterocycles. The van der Waals surface area contributed by atoms with E-state index in [1.807, 2.05) is 42.5 Å². The Morgan fingerprint density at radius 3 is 2.69 bits per heavy atom. The lowest BCUT2D eigenvalue weighted by atomic mass is 10.1. The second-order valence-corrected chi connectivity index (χ2v) is 6.47. The summed E-state index contributed by atoms with van der Waals surface area (Å²) in [7, 11) is 0. The van der Waals surface area contributed by atoms with Gasteiger partial charge in [0.25, 0.3) is 0 Å². The summed E-state index contributed by atoms with van der Waals surface area (Å²) < 4.78 is 5.52. The number of benzene rings is 1. The third-order valence-corrected chi connectivity index (χ3v) is 4.57. The van der Waals surface area contributed by atoms with Crippen LogP contribution in [0.4, 0.5) is 0 Å². The number of carbonyl (C=O) groups is 1. The number of ether oxygens (including phenoxy) is 1. The van der Waals surface area contributed by atoms with Crippen molar-refractivity contribution in [2.45, 2.75) is 38.0 Å². The van der Waals surface area contributed by atoms with E-state index >= 15 is 0 Å². The topological polar surface area (TPSA) is 89.9 Å². The van der Waals surface area contributed by atoms with Gasteiger partial charge in [0.05, 0.1) is 6.04 Å². The molecule has 1 amide bonds. The molecule has 0 radical (unpaired) electrons. The monoisotopic (exact) mass is 354 g/mol. The Kier molecular flexibility index (Phi) is 5.96. The molecule has 0 aliphatic carbocycles. The minimum Gasteiger partial charge on any atom is -0.337 e. The maximum absolute atomic E-state index is 12.7. The lowest BCUT2D eigenvalue weighted by Gasteiger charge is -2.23. The first-order valence-corrected chi connectivity index (χ1v) is 8.82. The summed E-state index contributed by atoms with van der Waals surface area (Å²) in [6.45, 7) is 0.848. The number of aromatic nitrogens is 1. The van der Waals surface area contributed by atoms with E-state index in [1.165, 1.54) is 0 Å². The number of hydrogen-bond acceptors (Lipinski definition) is 4. The molecule has 6 heteroatoms. The average molecular weight is 354 g/mol. The van der Waals surface area contributed by atoms with Crippen LogP contribution < -0.4 is 5.73 Å². The Labute approximate surface area is 153 Å². The molecule has 0 spiro atoms. The van der Waals surface area contributed by atoms with Crippen LogP contribution in [0.1, 0.15) is 24.0 Å². The number of likely N-dealkylation sites (tertiary alicyclic amines) is 1. The molecule has 0 saturated carbocycles. The van der Waals surface area contributed by atoms with E-state index in [0.29, 0.717) is 19.4 Å². The van der Waals surface area contributed by atoms with Gasteiger partial charge in [-0.25, -0.2) is 0 Å². The first-order chi connectivity index (χ1) is 12.6. The van der Waals surface area contributed by atoms with Crippen LogP contribution >= 0.6 is 0 Å². The first kappa shape index (κ1) is 18.1. The maximum atomic E-state index is 12.7. The molecule has 1 aliphatic rings. The van der Waals surface area contributed by atoms with Gasteiger partial charge >= 0.3 is 5.97 Å². The molecule has 1 saturated heterocycles. The van der Waals surface area contributed by atoms with Crippen molar-refractivity contribution in [1.29, 1.82) is 0 Å². The molecule has 136 valence electrons. The van der Waals surface area contributed by atoms with Gasteiger partial charge in [0.1, 0.15) is 0 Å². The minimum atomic E-state index is -0.653. The number of pyridine rings is 1. The van der Waals surface area contributed by atoms with Crippen molar-refractivity contribution in [2.24, 2.45) is 5.73 Å². The molecule has 1 aromatic carbocycles. The third kappa shape index (κ3) is 4.46. The van der Waals surface area contributed by atoms with Gasteiger partial charge in [0, 0.05) is 24.5 Å². The van der Waals surface area contributed by atoms with Crippen molar-refractivity contribution >= 4 is 11.9 Å². The zero-order chi connectivity index (χ0) is 18.4. The summed E-state index contributed by atoms with van der Waals surface area (Å²) in [5, 5.41) is 0. The van der Waals surface area contributed by atoms with Crippen molar-refractivity contribution in [3.63, 3.8) is 0 Å². The molecule has 6 nitrogen and oxygen atoms in total. The fraction of sp³-hybridized carbons (Fsp3) is 0.350. The normalized spacial score (nSPS) is 17.7. The summed E-state index contributed by atoms with van der Waals surface area (Å²) in [5.74, 6) is -0.282. The summed E-state index contributed by atoms with van der Waals surface area (Å²) in [6.07, 6.45) is 5.30. The number of hydrogen-bond donors (Lipinski definition) is 1. The largest absolute Gasteiger partial charge is 0.506 e. The lowest BCUT2D eigenvalue weighted by molar-refractivity contribution is -0.132. The Morgan fingerprint density at radius 1 is 1.23 bits per heavy atom. The number of carbonyl (C=O) groups excluding carboxylic acids is 2. The lowest BCUT2D eigenvalue weighted by Crippen LogP contribution is -2.49. The zero-order valence-electron chi connectivity index (χ0n) is 14.6. The van der Waals surface area contributed by atoms with Gasteiger partial charge in [-0.1, -0.05) is 30.3 Å². The van der Waals surface area contributed by atoms with Crippen LogP contribution in [0.2, 0.25) is 0 Å². The summed E-state index contributed by atoms with van der Waals surface area (Å²) in [6, 6.07) is 12.2. The second-order valence-electron chi connectivity index (χ2n) is 6.47. The van der Waals surface area contributed by atoms with Gasteiger partial charge in [0.2, 0.25) is 12.5 Å². The predicted molar refractivity (Wildman–Crippen MR) is 98.8 cm³/mol.